The number of hydrogen-bond donors (Lipinski definition) is 0. The number of nitrogens with zero attached hydrogens (tertiary/aromatic N) is 2. The Balaban J connectivity index is 2.07. The van der Waals surface area contributed by atoms with Gasteiger partial charge in [0.2, 0.25) is 8.60 Å². The lowest BCUT2D eigenvalue weighted by molar-refractivity contribution is -0.385. The molecular formula is C14H12N2O7P-. The number of aryl methyl sites for hydroxylation is 2. The molecule has 0 fully saturated rings. The smallest absolute Gasteiger partial charge is 0.272 e. The number of rotatable bonds is 6. The summed E-state index contributed by atoms with van der Waals surface area (Å²) in [4.78, 5) is 32.3. The standard InChI is InChI=1S/C14H12N2O7P/c1-9-7-11(3-5-13(9)15(17)18)22-24(21)23-12-4-6-14(16(19)20)10(2)8-12/h3-8H,1-2H3/q-1. The van der Waals surface area contributed by atoms with E-state index in [1.807, 2.05) is 0 Å². The highest BCUT2D eigenvalue weighted by molar-refractivity contribution is 7.39. The lowest BCUT2D eigenvalue weighted by Crippen LogP contribution is -2.08. The largest absolute Gasteiger partial charge is 0.765 e. The Bertz CT molecular complexity index is 731. The first-order chi connectivity index (χ1) is 11.3. The molecule has 0 N–H and O–H groups in total. The van der Waals surface area contributed by atoms with Gasteiger partial charge in [-0.1, -0.05) is 0 Å². The molecule has 0 saturated carbocycles. The summed E-state index contributed by atoms with van der Waals surface area (Å²) in [6.45, 7) is 3.05. The van der Waals surface area contributed by atoms with Crippen molar-refractivity contribution < 1.29 is 23.8 Å². The zero-order chi connectivity index (χ0) is 17.9. The molecular weight excluding hydrogens is 339 g/mol. The van der Waals surface area contributed by atoms with Crippen molar-refractivity contribution in [2.24, 2.45) is 0 Å². The summed E-state index contributed by atoms with van der Waals surface area (Å²) >= 11 is 0. The minimum atomic E-state index is -2.60. The highest BCUT2D eigenvalue weighted by atomic mass is 31.2. The molecule has 0 unspecified atom stereocenters. The van der Waals surface area contributed by atoms with Crippen LogP contribution in [0.25, 0.3) is 0 Å². The second kappa shape index (κ2) is 7.20. The molecule has 2 aromatic carbocycles. The predicted molar refractivity (Wildman–Crippen MR) is 83.8 cm³/mol. The maximum Gasteiger partial charge on any atom is 0.272 e. The third-order valence-electron chi connectivity index (χ3n) is 3.09. The van der Waals surface area contributed by atoms with Gasteiger partial charge in [-0.25, -0.2) is 0 Å². The van der Waals surface area contributed by atoms with E-state index in [1.54, 1.807) is 0 Å². The van der Waals surface area contributed by atoms with E-state index < -0.39 is 18.4 Å². The Morgan fingerprint density at radius 3 is 1.50 bits per heavy atom. The van der Waals surface area contributed by atoms with Gasteiger partial charge in [0.05, 0.1) is 9.85 Å². The molecule has 0 heterocycles. The highest BCUT2D eigenvalue weighted by Gasteiger charge is 2.13. The predicted octanol–water partition coefficient (Wildman–Crippen LogP) is 3.16. The van der Waals surface area contributed by atoms with Crippen LogP contribution < -0.4 is 13.9 Å². The zero-order valence-electron chi connectivity index (χ0n) is 12.7. The van der Waals surface area contributed by atoms with E-state index in [-0.39, 0.29) is 22.9 Å². The van der Waals surface area contributed by atoms with Gasteiger partial charge in [-0.15, -0.1) is 0 Å². The van der Waals surface area contributed by atoms with Crippen molar-refractivity contribution in [1.29, 1.82) is 0 Å². The van der Waals surface area contributed by atoms with Crippen molar-refractivity contribution in [3.05, 3.63) is 67.8 Å². The molecule has 2 aromatic rings. The van der Waals surface area contributed by atoms with Gasteiger partial charge in [-0.05, 0) is 38.1 Å². The first-order valence-electron chi connectivity index (χ1n) is 6.61. The van der Waals surface area contributed by atoms with Gasteiger partial charge in [0.1, 0.15) is 11.5 Å². The van der Waals surface area contributed by atoms with Gasteiger partial charge < -0.3 is 13.9 Å². The van der Waals surface area contributed by atoms with Crippen LogP contribution in [0.5, 0.6) is 11.5 Å². The first kappa shape index (κ1) is 17.6. The van der Waals surface area contributed by atoms with Crippen molar-refractivity contribution in [2.75, 3.05) is 0 Å². The van der Waals surface area contributed by atoms with Crippen LogP contribution in [0.4, 0.5) is 11.4 Å². The Kier molecular flexibility index (Phi) is 5.28. The Labute approximate surface area is 137 Å². The van der Waals surface area contributed by atoms with Crippen molar-refractivity contribution in [1.82, 2.24) is 0 Å². The van der Waals surface area contributed by atoms with Crippen molar-refractivity contribution in [2.45, 2.75) is 13.8 Å². The van der Waals surface area contributed by atoms with Crippen LogP contribution in [0.3, 0.4) is 0 Å². The van der Waals surface area contributed by atoms with Crippen LogP contribution in [0.2, 0.25) is 0 Å². The van der Waals surface area contributed by atoms with Crippen molar-refractivity contribution in [3.63, 3.8) is 0 Å². The lowest BCUT2D eigenvalue weighted by atomic mass is 10.2. The summed E-state index contributed by atoms with van der Waals surface area (Å²) in [5.74, 6) is 0.302. The van der Waals surface area contributed by atoms with Crippen LogP contribution >= 0.6 is 8.60 Å². The van der Waals surface area contributed by atoms with Crippen LogP contribution in [-0.4, -0.2) is 9.85 Å². The summed E-state index contributed by atoms with van der Waals surface area (Å²) in [6.07, 6.45) is 0. The number of nitro groups is 2. The molecule has 0 spiro atoms. The molecule has 0 aliphatic carbocycles. The van der Waals surface area contributed by atoms with E-state index in [1.165, 1.54) is 50.2 Å². The topological polar surface area (TPSA) is 128 Å². The molecule has 9 nitrogen and oxygen atoms in total. The maximum atomic E-state index is 11.9. The van der Waals surface area contributed by atoms with Crippen LogP contribution in [0.15, 0.2) is 36.4 Å². The molecule has 0 aliphatic rings. The van der Waals surface area contributed by atoms with Gasteiger partial charge in [0.25, 0.3) is 11.4 Å². The van der Waals surface area contributed by atoms with Crippen LogP contribution in [0, 0.1) is 34.1 Å². The van der Waals surface area contributed by atoms with Crippen molar-refractivity contribution in [3.8, 4) is 11.5 Å². The Morgan fingerprint density at radius 1 is 0.833 bits per heavy atom. The van der Waals surface area contributed by atoms with Gasteiger partial charge in [-0.3, -0.25) is 20.2 Å². The van der Waals surface area contributed by atoms with Crippen molar-refractivity contribution >= 4 is 20.0 Å². The molecule has 0 aromatic heterocycles. The molecule has 0 aliphatic heterocycles. The second-order valence-corrected chi connectivity index (χ2v) is 5.63. The first-order valence-corrected chi connectivity index (χ1v) is 7.70. The summed E-state index contributed by atoms with van der Waals surface area (Å²) in [5.41, 5.74) is 0.549. The van der Waals surface area contributed by atoms with E-state index in [2.05, 4.69) is 0 Å². The SMILES string of the molecule is Cc1cc(OP([O-])Oc2ccc([N+](=O)[O-])c(C)c2)ccc1[N+](=O)[O-]. The average molecular weight is 351 g/mol. The molecule has 0 saturated heterocycles. The molecule has 24 heavy (non-hydrogen) atoms. The number of nitro benzene ring substituents is 2. The fourth-order valence-corrected chi connectivity index (χ4v) is 2.58. The van der Waals surface area contributed by atoms with Crippen LogP contribution in [-0.2, 0) is 0 Å². The van der Waals surface area contributed by atoms with E-state index >= 15 is 0 Å². The Morgan fingerprint density at radius 2 is 1.21 bits per heavy atom. The zero-order valence-corrected chi connectivity index (χ0v) is 13.6. The molecule has 0 amide bonds. The molecule has 0 bridgehead atoms. The molecule has 0 atom stereocenters. The average Bonchev–Trinajstić information content (AvgIpc) is 2.46. The highest BCUT2D eigenvalue weighted by Crippen LogP contribution is 2.36. The fraction of sp³-hybridized carbons (Fsp3) is 0.143. The quantitative estimate of drug-likeness (QED) is 0.444. The van der Waals surface area contributed by atoms with E-state index in [4.69, 9.17) is 9.05 Å². The summed E-state index contributed by atoms with van der Waals surface area (Å²) in [7, 11) is -2.60. The summed E-state index contributed by atoms with van der Waals surface area (Å²) in [6, 6.07) is 7.84. The molecule has 2 rings (SSSR count). The lowest BCUT2D eigenvalue weighted by Gasteiger charge is -2.23. The minimum Gasteiger partial charge on any atom is -0.765 e. The van der Waals surface area contributed by atoms with E-state index in [0.29, 0.717) is 11.1 Å². The molecule has 126 valence electrons. The minimum absolute atomic E-state index is 0.0792. The maximum absolute atomic E-state index is 11.9. The third-order valence-corrected chi connectivity index (χ3v) is 3.81. The monoisotopic (exact) mass is 351 g/mol. The Hall–Kier alpha value is -2.77. The normalized spacial score (nSPS) is 10.5. The summed E-state index contributed by atoms with van der Waals surface area (Å²) < 4.78 is 10.2. The van der Waals surface area contributed by atoms with Gasteiger partial charge in [0.15, 0.2) is 0 Å². The summed E-state index contributed by atoms with van der Waals surface area (Å²) in [5, 5.41) is 21.5. The molecule has 10 heteroatoms. The van der Waals surface area contributed by atoms with Gasteiger partial charge >= 0.3 is 0 Å². The van der Waals surface area contributed by atoms with Crippen LogP contribution in [0.1, 0.15) is 11.1 Å². The second-order valence-electron chi connectivity index (χ2n) is 4.82. The van der Waals surface area contributed by atoms with E-state index in [9.17, 15) is 25.1 Å². The van der Waals surface area contributed by atoms with E-state index in [0.717, 1.165) is 0 Å². The number of benzene rings is 2. The third kappa shape index (κ3) is 4.15. The fourth-order valence-electron chi connectivity index (χ4n) is 1.97. The molecule has 0 radical (unpaired) electrons. The number of hydrogen-bond acceptors (Lipinski definition) is 7. The van der Waals surface area contributed by atoms with Gasteiger partial charge in [-0.2, -0.15) is 0 Å². The van der Waals surface area contributed by atoms with Gasteiger partial charge in [0, 0.05) is 23.3 Å².